The molecule has 0 saturated heterocycles. The van der Waals surface area contributed by atoms with Crippen molar-refractivity contribution in [3.8, 4) is 5.75 Å². The third kappa shape index (κ3) is 5.83. The predicted octanol–water partition coefficient (Wildman–Crippen LogP) is 0.927. The maximum atomic E-state index is 11.8. The quantitative estimate of drug-likeness (QED) is 0.546. The van der Waals surface area contributed by atoms with Crippen molar-refractivity contribution in [2.24, 2.45) is 0 Å². The van der Waals surface area contributed by atoms with Gasteiger partial charge in [0, 0.05) is 12.2 Å². The van der Waals surface area contributed by atoms with Crippen LogP contribution in [0, 0.1) is 0 Å². The van der Waals surface area contributed by atoms with Gasteiger partial charge in [-0.3, -0.25) is 4.39 Å². The summed E-state index contributed by atoms with van der Waals surface area (Å²) in [4.78, 5) is 0. The third-order valence-corrected chi connectivity index (χ3v) is 3.48. The SMILES string of the molecule is Nc1ccc(OCCS(=O)(=O)NCCCF)cc1. The molecule has 0 aliphatic carbocycles. The molecule has 0 aliphatic heterocycles. The van der Waals surface area contributed by atoms with E-state index in [4.69, 9.17) is 10.5 Å². The molecule has 0 bridgehead atoms. The van der Waals surface area contributed by atoms with Gasteiger partial charge in [0.1, 0.15) is 12.4 Å². The number of nitrogens with one attached hydrogen (secondary N) is 1. The molecule has 0 unspecified atom stereocenters. The van der Waals surface area contributed by atoms with Gasteiger partial charge in [-0.05, 0) is 30.7 Å². The molecular formula is C11H17FN2O3S. The molecule has 5 nitrogen and oxygen atoms in total. The summed E-state index contributed by atoms with van der Waals surface area (Å²) >= 11 is 0. The van der Waals surface area contributed by atoms with Crippen LogP contribution in [0.2, 0.25) is 0 Å². The number of alkyl halides is 1. The fourth-order valence-electron chi connectivity index (χ4n) is 1.20. The average molecular weight is 276 g/mol. The van der Waals surface area contributed by atoms with Crippen LogP contribution >= 0.6 is 0 Å². The number of benzene rings is 1. The minimum atomic E-state index is -3.40. The van der Waals surface area contributed by atoms with Gasteiger partial charge in [-0.25, -0.2) is 13.1 Å². The number of nitrogens with two attached hydrogens (primary N) is 1. The second-order valence-corrected chi connectivity index (χ2v) is 5.60. The number of halogens is 1. The molecule has 0 heterocycles. The van der Waals surface area contributed by atoms with Gasteiger partial charge in [0.05, 0.1) is 12.4 Å². The number of hydrogen-bond acceptors (Lipinski definition) is 4. The summed E-state index contributed by atoms with van der Waals surface area (Å²) in [5, 5.41) is 0. The normalized spacial score (nSPS) is 11.4. The van der Waals surface area contributed by atoms with Crippen molar-refractivity contribution < 1.29 is 17.5 Å². The highest BCUT2D eigenvalue weighted by atomic mass is 32.2. The van der Waals surface area contributed by atoms with E-state index in [-0.39, 0.29) is 25.3 Å². The van der Waals surface area contributed by atoms with E-state index in [0.717, 1.165) is 0 Å². The van der Waals surface area contributed by atoms with Gasteiger partial charge in [-0.2, -0.15) is 0 Å². The van der Waals surface area contributed by atoms with E-state index in [1.807, 2.05) is 0 Å². The number of rotatable bonds is 8. The summed E-state index contributed by atoms with van der Waals surface area (Å²) in [7, 11) is -3.40. The molecule has 1 aromatic carbocycles. The Bertz CT molecular complexity index is 448. The molecule has 1 rings (SSSR count). The van der Waals surface area contributed by atoms with Gasteiger partial charge < -0.3 is 10.5 Å². The molecule has 1 aromatic rings. The molecular weight excluding hydrogens is 259 g/mol. The number of nitrogen functional groups attached to an aromatic ring is 1. The van der Waals surface area contributed by atoms with E-state index >= 15 is 0 Å². The highest BCUT2D eigenvalue weighted by Gasteiger charge is 2.09. The summed E-state index contributed by atoms with van der Waals surface area (Å²) in [6.07, 6.45) is 0.179. The van der Waals surface area contributed by atoms with Gasteiger partial charge >= 0.3 is 0 Å². The lowest BCUT2D eigenvalue weighted by molar-refractivity contribution is 0.340. The number of hydrogen-bond donors (Lipinski definition) is 2. The van der Waals surface area contributed by atoms with Crippen molar-refractivity contribution in [1.29, 1.82) is 0 Å². The smallest absolute Gasteiger partial charge is 0.214 e. The first-order chi connectivity index (χ1) is 8.53. The van der Waals surface area contributed by atoms with Crippen molar-refractivity contribution in [3.63, 3.8) is 0 Å². The molecule has 18 heavy (non-hydrogen) atoms. The molecule has 3 N–H and O–H groups in total. The van der Waals surface area contributed by atoms with Crippen LogP contribution in [0.4, 0.5) is 10.1 Å². The van der Waals surface area contributed by atoms with E-state index in [9.17, 15) is 12.8 Å². The molecule has 0 atom stereocenters. The number of sulfonamides is 1. The van der Waals surface area contributed by atoms with Crippen LogP contribution in [0.25, 0.3) is 0 Å². The summed E-state index contributed by atoms with van der Waals surface area (Å²) in [5.74, 6) is 0.395. The van der Waals surface area contributed by atoms with Crippen LogP contribution in [0.3, 0.4) is 0 Å². The zero-order valence-electron chi connectivity index (χ0n) is 9.93. The largest absolute Gasteiger partial charge is 0.492 e. The van der Waals surface area contributed by atoms with Crippen molar-refractivity contribution in [2.45, 2.75) is 6.42 Å². The lowest BCUT2D eigenvalue weighted by Gasteiger charge is -2.08. The van der Waals surface area contributed by atoms with Gasteiger partial charge in [0.2, 0.25) is 10.0 Å². The van der Waals surface area contributed by atoms with Crippen molar-refractivity contribution in [1.82, 2.24) is 4.72 Å². The fourth-order valence-corrected chi connectivity index (χ4v) is 2.10. The Morgan fingerprint density at radius 2 is 1.94 bits per heavy atom. The van der Waals surface area contributed by atoms with Crippen LogP contribution in [-0.2, 0) is 10.0 Å². The van der Waals surface area contributed by atoms with E-state index in [1.165, 1.54) is 0 Å². The van der Waals surface area contributed by atoms with Gasteiger partial charge in [-0.1, -0.05) is 0 Å². The Balaban J connectivity index is 2.30. The molecule has 0 spiro atoms. The zero-order valence-corrected chi connectivity index (χ0v) is 10.7. The summed E-state index contributed by atoms with van der Waals surface area (Å²) in [6, 6.07) is 6.67. The Labute approximate surface area is 106 Å². The predicted molar refractivity (Wildman–Crippen MR) is 68.7 cm³/mol. The van der Waals surface area contributed by atoms with Gasteiger partial charge in [0.25, 0.3) is 0 Å². The van der Waals surface area contributed by atoms with E-state index < -0.39 is 16.7 Å². The van der Waals surface area contributed by atoms with Gasteiger partial charge in [-0.15, -0.1) is 0 Å². The van der Waals surface area contributed by atoms with Crippen LogP contribution in [0.5, 0.6) is 5.75 Å². The van der Waals surface area contributed by atoms with E-state index in [0.29, 0.717) is 11.4 Å². The molecule has 0 amide bonds. The average Bonchev–Trinajstić information content (AvgIpc) is 2.32. The lowest BCUT2D eigenvalue weighted by atomic mass is 10.3. The summed E-state index contributed by atoms with van der Waals surface area (Å²) in [6.45, 7) is -0.389. The Morgan fingerprint density at radius 1 is 1.28 bits per heavy atom. The Morgan fingerprint density at radius 3 is 2.56 bits per heavy atom. The molecule has 0 fully saturated rings. The third-order valence-electron chi connectivity index (χ3n) is 2.13. The minimum absolute atomic E-state index is 0.0366. The maximum absolute atomic E-state index is 11.8. The first-order valence-electron chi connectivity index (χ1n) is 5.55. The number of ether oxygens (including phenoxy) is 1. The summed E-state index contributed by atoms with van der Waals surface area (Å²) in [5.41, 5.74) is 6.11. The van der Waals surface area contributed by atoms with Crippen LogP contribution in [-0.4, -0.2) is 34.0 Å². The van der Waals surface area contributed by atoms with E-state index in [1.54, 1.807) is 24.3 Å². The number of anilines is 1. The fraction of sp³-hybridized carbons (Fsp3) is 0.455. The first kappa shape index (κ1) is 14.7. The second kappa shape index (κ2) is 7.17. The summed E-state index contributed by atoms with van der Waals surface area (Å²) < 4.78 is 42.2. The highest BCUT2D eigenvalue weighted by molar-refractivity contribution is 7.89. The minimum Gasteiger partial charge on any atom is -0.492 e. The first-order valence-corrected chi connectivity index (χ1v) is 7.20. The Kier molecular flexibility index (Phi) is 5.87. The standard InChI is InChI=1S/C11H17FN2O3S/c12-6-1-7-14-18(15,16)9-8-17-11-4-2-10(13)3-5-11/h2-5,14H,1,6-9,13H2. The molecule has 0 aromatic heterocycles. The van der Waals surface area contributed by atoms with Crippen molar-refractivity contribution >= 4 is 15.7 Å². The zero-order chi connectivity index (χ0) is 13.4. The molecule has 7 heteroatoms. The highest BCUT2D eigenvalue weighted by Crippen LogP contribution is 2.12. The molecule has 0 radical (unpaired) electrons. The van der Waals surface area contributed by atoms with Gasteiger partial charge in [0.15, 0.2) is 0 Å². The Hall–Kier alpha value is -1.34. The molecule has 0 saturated carbocycles. The lowest BCUT2D eigenvalue weighted by Crippen LogP contribution is -2.30. The topological polar surface area (TPSA) is 81.4 Å². The van der Waals surface area contributed by atoms with Crippen molar-refractivity contribution in [2.75, 3.05) is 31.3 Å². The van der Waals surface area contributed by atoms with Crippen LogP contribution < -0.4 is 15.2 Å². The second-order valence-electron chi connectivity index (χ2n) is 3.67. The van der Waals surface area contributed by atoms with Crippen LogP contribution in [0.1, 0.15) is 6.42 Å². The maximum Gasteiger partial charge on any atom is 0.214 e. The monoisotopic (exact) mass is 276 g/mol. The molecule has 102 valence electrons. The molecule has 0 aliphatic rings. The van der Waals surface area contributed by atoms with Crippen LogP contribution in [0.15, 0.2) is 24.3 Å². The van der Waals surface area contributed by atoms with E-state index in [2.05, 4.69) is 4.72 Å². The van der Waals surface area contributed by atoms with Crippen molar-refractivity contribution in [3.05, 3.63) is 24.3 Å².